The van der Waals surface area contributed by atoms with Crippen LogP contribution in [0.2, 0.25) is 10.0 Å². The van der Waals surface area contributed by atoms with Gasteiger partial charge in [-0.2, -0.15) is 0 Å². The molecule has 0 aromatic heterocycles. The van der Waals surface area contributed by atoms with Crippen LogP contribution in [0.1, 0.15) is 37.7 Å². The van der Waals surface area contributed by atoms with Crippen LogP contribution in [-0.4, -0.2) is 56.1 Å². The Kier molecular flexibility index (Phi) is 8.46. The molecule has 6 heteroatoms. The number of ether oxygens (including phenoxy) is 1. The molecule has 0 spiro atoms. The van der Waals surface area contributed by atoms with E-state index in [9.17, 15) is 5.11 Å². The van der Waals surface area contributed by atoms with E-state index in [2.05, 4.69) is 17.1 Å². The normalized spacial score (nSPS) is 24.2. The minimum Gasteiger partial charge on any atom is -0.392 e. The molecule has 1 heterocycles. The average Bonchev–Trinajstić information content (AvgIpc) is 2.61. The highest BCUT2D eigenvalue weighted by Gasteiger charge is 2.39. The molecule has 0 amide bonds. The summed E-state index contributed by atoms with van der Waals surface area (Å²) in [6.07, 6.45) is 2.55. The lowest BCUT2D eigenvalue weighted by molar-refractivity contribution is -0.129. The van der Waals surface area contributed by atoms with Gasteiger partial charge in [0.25, 0.3) is 0 Å². The maximum Gasteiger partial charge on any atom is 0.115 e. The molecule has 4 atom stereocenters. The molecule has 0 aliphatic carbocycles. The van der Waals surface area contributed by atoms with Crippen LogP contribution in [-0.2, 0) is 4.74 Å². The number of methoxy groups -OCH3 is 1. The Bertz CT molecular complexity index is 542. The SMILES string of the molecule is CCCN1CCCC(C(O)C(CNC)c2ccc(Cl)c(Cl)c2)C1OC. The molecule has 0 bridgehead atoms. The van der Waals surface area contributed by atoms with E-state index in [1.165, 1.54) is 0 Å². The van der Waals surface area contributed by atoms with Crippen molar-refractivity contribution < 1.29 is 9.84 Å². The summed E-state index contributed by atoms with van der Waals surface area (Å²) in [7, 11) is 3.64. The smallest absolute Gasteiger partial charge is 0.115 e. The van der Waals surface area contributed by atoms with Crippen molar-refractivity contribution >= 4 is 23.2 Å². The van der Waals surface area contributed by atoms with Crippen LogP contribution >= 0.6 is 23.2 Å². The van der Waals surface area contributed by atoms with Gasteiger partial charge >= 0.3 is 0 Å². The third-order valence-corrected chi connectivity index (χ3v) is 5.85. The molecule has 2 rings (SSSR count). The largest absolute Gasteiger partial charge is 0.392 e. The summed E-state index contributed by atoms with van der Waals surface area (Å²) in [5, 5.41) is 15.5. The second kappa shape index (κ2) is 10.1. The Morgan fingerprint density at radius 2 is 2.12 bits per heavy atom. The number of hydrogen-bond acceptors (Lipinski definition) is 4. The second-order valence-electron chi connectivity index (χ2n) is 6.80. The van der Waals surface area contributed by atoms with Gasteiger partial charge in [0.15, 0.2) is 0 Å². The zero-order chi connectivity index (χ0) is 18.4. The average molecular weight is 389 g/mol. The number of rotatable bonds is 8. The fraction of sp³-hybridized carbons (Fsp3) is 0.684. The summed E-state index contributed by atoms with van der Waals surface area (Å²) in [5.41, 5.74) is 0.999. The lowest BCUT2D eigenvalue weighted by Gasteiger charge is -2.44. The molecule has 1 saturated heterocycles. The van der Waals surface area contributed by atoms with Gasteiger partial charge in [-0.1, -0.05) is 36.2 Å². The second-order valence-corrected chi connectivity index (χ2v) is 7.61. The fourth-order valence-corrected chi connectivity index (χ4v) is 4.26. The zero-order valence-electron chi connectivity index (χ0n) is 15.3. The highest BCUT2D eigenvalue weighted by atomic mass is 35.5. The van der Waals surface area contributed by atoms with E-state index in [4.69, 9.17) is 27.9 Å². The molecular weight excluding hydrogens is 359 g/mol. The number of hydrogen-bond donors (Lipinski definition) is 2. The van der Waals surface area contributed by atoms with Crippen LogP contribution in [0.25, 0.3) is 0 Å². The first-order valence-corrected chi connectivity index (χ1v) is 9.83. The minimum atomic E-state index is -0.519. The molecule has 4 unspecified atom stereocenters. The molecule has 1 aromatic carbocycles. The highest BCUT2D eigenvalue weighted by molar-refractivity contribution is 6.42. The molecule has 1 aromatic rings. The summed E-state index contributed by atoms with van der Waals surface area (Å²) in [6, 6.07) is 5.62. The van der Waals surface area contributed by atoms with Gasteiger partial charge in [-0.05, 0) is 44.0 Å². The Morgan fingerprint density at radius 3 is 2.72 bits per heavy atom. The van der Waals surface area contributed by atoms with Gasteiger partial charge in [0.05, 0.1) is 16.1 Å². The number of piperidine rings is 1. The highest BCUT2D eigenvalue weighted by Crippen LogP contribution is 2.35. The molecule has 4 nitrogen and oxygen atoms in total. The van der Waals surface area contributed by atoms with Gasteiger partial charge in [0.1, 0.15) is 6.23 Å². The van der Waals surface area contributed by atoms with Gasteiger partial charge in [-0.15, -0.1) is 0 Å². The Labute approximate surface area is 161 Å². The van der Waals surface area contributed by atoms with Gasteiger partial charge in [0, 0.05) is 38.6 Å². The van der Waals surface area contributed by atoms with E-state index in [0.717, 1.165) is 37.9 Å². The van der Waals surface area contributed by atoms with E-state index in [1.54, 1.807) is 13.2 Å². The standard InChI is InChI=1S/C19H30Cl2N2O2/c1-4-9-23-10-5-6-14(19(23)25-3)18(24)15(12-22-2)13-7-8-16(20)17(21)11-13/h7-8,11,14-15,18-19,22,24H,4-6,9-10,12H2,1-3H3. The minimum absolute atomic E-state index is 0.0502. The molecular formula is C19H30Cl2N2O2. The zero-order valence-corrected chi connectivity index (χ0v) is 16.9. The number of aliphatic hydroxyl groups is 1. The molecule has 0 saturated carbocycles. The van der Waals surface area contributed by atoms with Crippen LogP contribution in [0.5, 0.6) is 0 Å². The van der Waals surface area contributed by atoms with E-state index < -0.39 is 6.10 Å². The van der Waals surface area contributed by atoms with Crippen molar-refractivity contribution in [3.63, 3.8) is 0 Å². The molecule has 2 N–H and O–H groups in total. The first-order valence-electron chi connectivity index (χ1n) is 9.07. The number of benzene rings is 1. The third kappa shape index (κ3) is 5.09. The van der Waals surface area contributed by atoms with E-state index >= 15 is 0 Å². The number of aliphatic hydroxyl groups excluding tert-OH is 1. The van der Waals surface area contributed by atoms with Gasteiger partial charge in [0.2, 0.25) is 0 Å². The first-order chi connectivity index (χ1) is 12.0. The van der Waals surface area contributed by atoms with Crippen LogP contribution in [0, 0.1) is 5.92 Å². The summed E-state index contributed by atoms with van der Waals surface area (Å²) in [6.45, 7) is 4.86. The van der Waals surface area contributed by atoms with E-state index in [1.807, 2.05) is 19.2 Å². The monoisotopic (exact) mass is 388 g/mol. The molecule has 0 radical (unpaired) electrons. The van der Waals surface area contributed by atoms with Gasteiger partial charge in [-0.3, -0.25) is 4.90 Å². The van der Waals surface area contributed by atoms with Crippen LogP contribution in [0.15, 0.2) is 18.2 Å². The van der Waals surface area contributed by atoms with Gasteiger partial charge in [-0.25, -0.2) is 0 Å². The quantitative estimate of drug-likeness (QED) is 0.711. The van der Waals surface area contributed by atoms with Crippen LogP contribution in [0.3, 0.4) is 0 Å². The van der Waals surface area contributed by atoms with Crippen molar-refractivity contribution in [1.82, 2.24) is 10.2 Å². The Morgan fingerprint density at radius 1 is 1.36 bits per heavy atom. The third-order valence-electron chi connectivity index (χ3n) is 5.11. The summed E-state index contributed by atoms with van der Waals surface area (Å²) in [5.74, 6) is 0.00194. The number of nitrogens with zero attached hydrogens (tertiary/aromatic N) is 1. The lowest BCUT2D eigenvalue weighted by Crippen LogP contribution is -2.52. The van der Waals surface area contributed by atoms with Crippen molar-refractivity contribution in [3.8, 4) is 0 Å². The van der Waals surface area contributed by atoms with Crippen molar-refractivity contribution in [2.45, 2.75) is 44.4 Å². The molecule has 142 valence electrons. The number of likely N-dealkylation sites (tertiary alicyclic amines) is 1. The summed E-state index contributed by atoms with van der Waals surface area (Å²) < 4.78 is 5.80. The Balaban J connectivity index is 2.25. The van der Waals surface area contributed by atoms with Crippen LogP contribution in [0.4, 0.5) is 0 Å². The van der Waals surface area contributed by atoms with Crippen molar-refractivity contribution in [2.24, 2.45) is 5.92 Å². The predicted molar refractivity (Wildman–Crippen MR) is 105 cm³/mol. The molecule has 1 aliphatic rings. The number of likely N-dealkylation sites (N-methyl/N-ethyl adjacent to an activating group) is 1. The van der Waals surface area contributed by atoms with E-state index in [-0.39, 0.29) is 18.1 Å². The maximum atomic E-state index is 11.2. The molecule has 1 fully saturated rings. The van der Waals surface area contributed by atoms with Crippen LogP contribution < -0.4 is 5.32 Å². The van der Waals surface area contributed by atoms with Crippen molar-refractivity contribution in [2.75, 3.05) is 33.8 Å². The maximum absolute atomic E-state index is 11.2. The molecule has 1 aliphatic heterocycles. The summed E-state index contributed by atoms with van der Waals surface area (Å²) >= 11 is 12.3. The number of halogens is 2. The fourth-order valence-electron chi connectivity index (χ4n) is 3.96. The lowest BCUT2D eigenvalue weighted by atomic mass is 9.80. The van der Waals surface area contributed by atoms with Crippen molar-refractivity contribution in [3.05, 3.63) is 33.8 Å². The number of nitrogens with one attached hydrogen (secondary N) is 1. The topological polar surface area (TPSA) is 44.7 Å². The molecule has 25 heavy (non-hydrogen) atoms. The van der Waals surface area contributed by atoms with E-state index in [0.29, 0.717) is 16.6 Å². The summed E-state index contributed by atoms with van der Waals surface area (Å²) in [4.78, 5) is 2.35. The van der Waals surface area contributed by atoms with Gasteiger partial charge < -0.3 is 15.2 Å². The Hall–Kier alpha value is -0.360. The van der Waals surface area contributed by atoms with Crippen molar-refractivity contribution in [1.29, 1.82) is 0 Å². The predicted octanol–water partition coefficient (Wildman–Crippen LogP) is 3.75. The first kappa shape index (κ1) is 20.9.